The van der Waals surface area contributed by atoms with Gasteiger partial charge in [-0.25, -0.2) is 0 Å². The Morgan fingerprint density at radius 3 is 2.81 bits per heavy atom. The van der Waals surface area contributed by atoms with Crippen molar-refractivity contribution in [2.45, 2.75) is 12.8 Å². The third-order valence-electron chi connectivity index (χ3n) is 3.23. The highest BCUT2D eigenvalue weighted by molar-refractivity contribution is 6.31. The summed E-state index contributed by atoms with van der Waals surface area (Å²) in [7, 11) is 1.50. The molecule has 1 amide bonds. The van der Waals surface area contributed by atoms with Crippen molar-refractivity contribution < 1.29 is 9.53 Å². The average molecular weight is 306 g/mol. The minimum absolute atomic E-state index is 0.0685. The van der Waals surface area contributed by atoms with Gasteiger partial charge in [-0.05, 0) is 31.0 Å². The average Bonchev–Trinajstić information content (AvgIpc) is 2.98. The van der Waals surface area contributed by atoms with Gasteiger partial charge in [0.25, 0.3) is 5.91 Å². The lowest BCUT2D eigenvalue weighted by Gasteiger charge is -2.13. The number of carbonyl (C=O) groups excluding carboxylic acids is 1. The number of nitrogens with zero attached hydrogens (tertiary/aromatic N) is 2. The fourth-order valence-corrected chi connectivity index (χ4v) is 2.33. The molecule has 1 heterocycles. The minimum atomic E-state index is -0.468. The van der Waals surface area contributed by atoms with Gasteiger partial charge in [-0.2, -0.15) is 5.26 Å². The van der Waals surface area contributed by atoms with Gasteiger partial charge in [-0.15, -0.1) is 0 Å². The van der Waals surface area contributed by atoms with Crippen LogP contribution < -0.4 is 10.1 Å². The van der Waals surface area contributed by atoms with E-state index in [-0.39, 0.29) is 5.57 Å². The zero-order valence-electron chi connectivity index (χ0n) is 11.7. The molecule has 1 aromatic carbocycles. The van der Waals surface area contributed by atoms with Crippen molar-refractivity contribution in [1.82, 2.24) is 4.90 Å². The molecule has 1 aliphatic heterocycles. The van der Waals surface area contributed by atoms with E-state index >= 15 is 0 Å². The Morgan fingerprint density at radius 1 is 1.48 bits per heavy atom. The molecule has 21 heavy (non-hydrogen) atoms. The molecule has 0 atom stereocenters. The molecule has 0 unspecified atom stereocenters. The normalized spacial score (nSPS) is 14.7. The van der Waals surface area contributed by atoms with E-state index in [9.17, 15) is 4.79 Å². The summed E-state index contributed by atoms with van der Waals surface area (Å²) in [5, 5.41) is 12.3. The Labute approximate surface area is 128 Å². The molecule has 5 nitrogen and oxygen atoms in total. The smallest absolute Gasteiger partial charge is 0.267 e. The zero-order valence-corrected chi connectivity index (χ0v) is 12.5. The van der Waals surface area contributed by atoms with Crippen LogP contribution in [0.25, 0.3) is 0 Å². The molecule has 1 fully saturated rings. The first-order valence-corrected chi connectivity index (χ1v) is 7.02. The third kappa shape index (κ3) is 3.89. The van der Waals surface area contributed by atoms with Crippen molar-refractivity contribution in [3.05, 3.63) is 35.0 Å². The van der Waals surface area contributed by atoms with Crippen LogP contribution in [0.5, 0.6) is 5.75 Å². The predicted octanol–water partition coefficient (Wildman–Crippen LogP) is 2.79. The second-order valence-corrected chi connectivity index (χ2v) is 5.13. The molecular weight excluding hydrogens is 290 g/mol. The lowest BCUT2D eigenvalue weighted by Crippen LogP contribution is -2.19. The van der Waals surface area contributed by atoms with Crippen LogP contribution in [0.1, 0.15) is 12.8 Å². The maximum absolute atomic E-state index is 12.2. The molecule has 1 saturated heterocycles. The van der Waals surface area contributed by atoms with Crippen LogP contribution in [0.15, 0.2) is 30.0 Å². The van der Waals surface area contributed by atoms with Crippen LogP contribution in [0, 0.1) is 11.3 Å². The van der Waals surface area contributed by atoms with Gasteiger partial charge >= 0.3 is 0 Å². The van der Waals surface area contributed by atoms with Gasteiger partial charge in [0.15, 0.2) is 0 Å². The van der Waals surface area contributed by atoms with Gasteiger partial charge in [0.2, 0.25) is 0 Å². The first-order chi connectivity index (χ1) is 10.1. The zero-order chi connectivity index (χ0) is 15.2. The summed E-state index contributed by atoms with van der Waals surface area (Å²) in [6, 6.07) is 6.85. The quantitative estimate of drug-likeness (QED) is 0.686. The fourth-order valence-electron chi connectivity index (χ4n) is 2.16. The van der Waals surface area contributed by atoms with Gasteiger partial charge in [-0.3, -0.25) is 4.79 Å². The summed E-state index contributed by atoms with van der Waals surface area (Å²) >= 11 is 5.91. The van der Waals surface area contributed by atoms with E-state index in [1.807, 2.05) is 11.0 Å². The summed E-state index contributed by atoms with van der Waals surface area (Å²) in [5.41, 5.74) is 0.511. The van der Waals surface area contributed by atoms with Crippen molar-refractivity contribution in [3.63, 3.8) is 0 Å². The summed E-state index contributed by atoms with van der Waals surface area (Å²) in [5.74, 6) is 0.0242. The van der Waals surface area contributed by atoms with Gasteiger partial charge in [0.05, 0.1) is 12.8 Å². The minimum Gasteiger partial charge on any atom is -0.495 e. The second kappa shape index (κ2) is 7.00. The first-order valence-electron chi connectivity index (χ1n) is 6.65. The van der Waals surface area contributed by atoms with E-state index in [0.29, 0.717) is 16.5 Å². The molecule has 2 rings (SSSR count). The predicted molar refractivity (Wildman–Crippen MR) is 81.1 cm³/mol. The number of hydrogen-bond donors (Lipinski definition) is 1. The number of benzene rings is 1. The Hall–Kier alpha value is -2.19. The SMILES string of the molecule is COc1ccc(Cl)cc1NC(=O)/C(C#N)=C\N1CCCC1. The molecule has 0 bridgehead atoms. The van der Waals surface area contributed by atoms with E-state index < -0.39 is 5.91 Å². The molecule has 0 radical (unpaired) electrons. The number of anilines is 1. The van der Waals surface area contributed by atoms with Crippen LogP contribution in [-0.2, 0) is 4.79 Å². The number of likely N-dealkylation sites (tertiary alicyclic amines) is 1. The Balaban J connectivity index is 2.16. The van der Waals surface area contributed by atoms with E-state index in [2.05, 4.69) is 5.32 Å². The van der Waals surface area contributed by atoms with Crippen molar-refractivity contribution >= 4 is 23.2 Å². The number of methoxy groups -OCH3 is 1. The highest BCUT2D eigenvalue weighted by Gasteiger charge is 2.16. The first kappa shape index (κ1) is 15.2. The highest BCUT2D eigenvalue weighted by atomic mass is 35.5. The molecule has 0 aliphatic carbocycles. The maximum atomic E-state index is 12.2. The molecule has 1 aliphatic rings. The number of nitrogens with one attached hydrogen (secondary N) is 1. The standard InChI is InChI=1S/C15H16ClN3O2/c1-21-14-5-4-12(16)8-13(14)18-15(20)11(9-17)10-19-6-2-3-7-19/h4-5,8,10H,2-3,6-7H2,1H3,(H,18,20)/b11-10-. The third-order valence-corrected chi connectivity index (χ3v) is 3.46. The maximum Gasteiger partial charge on any atom is 0.267 e. The summed E-state index contributed by atoms with van der Waals surface area (Å²) < 4.78 is 5.16. The number of nitriles is 1. The molecule has 0 aromatic heterocycles. The number of hydrogen-bond acceptors (Lipinski definition) is 4. The van der Waals surface area contributed by atoms with Crippen LogP contribution in [0.4, 0.5) is 5.69 Å². The highest BCUT2D eigenvalue weighted by Crippen LogP contribution is 2.28. The molecule has 1 aromatic rings. The van der Waals surface area contributed by atoms with E-state index in [1.54, 1.807) is 24.4 Å². The lowest BCUT2D eigenvalue weighted by atomic mass is 10.2. The van der Waals surface area contributed by atoms with Crippen molar-refractivity contribution in [1.29, 1.82) is 5.26 Å². The van der Waals surface area contributed by atoms with Gasteiger partial charge in [0, 0.05) is 24.3 Å². The molecule has 6 heteroatoms. The summed E-state index contributed by atoms with van der Waals surface area (Å²) in [6.07, 6.45) is 3.78. The Kier molecular flexibility index (Phi) is 5.07. The summed E-state index contributed by atoms with van der Waals surface area (Å²) in [4.78, 5) is 14.2. The number of halogens is 1. The number of ether oxygens (including phenoxy) is 1. The van der Waals surface area contributed by atoms with Crippen molar-refractivity contribution in [2.75, 3.05) is 25.5 Å². The van der Waals surface area contributed by atoms with E-state index in [0.717, 1.165) is 25.9 Å². The van der Waals surface area contributed by atoms with Gasteiger partial charge in [0.1, 0.15) is 17.4 Å². The van der Waals surface area contributed by atoms with Crippen LogP contribution in [0.3, 0.4) is 0 Å². The number of carbonyl (C=O) groups is 1. The van der Waals surface area contributed by atoms with Crippen molar-refractivity contribution in [3.8, 4) is 11.8 Å². The monoisotopic (exact) mass is 305 g/mol. The molecule has 1 N–H and O–H groups in total. The Bertz CT molecular complexity index is 601. The van der Waals surface area contributed by atoms with Crippen LogP contribution >= 0.6 is 11.6 Å². The van der Waals surface area contributed by atoms with Crippen LogP contribution in [0.2, 0.25) is 5.02 Å². The van der Waals surface area contributed by atoms with Gasteiger partial charge in [-0.1, -0.05) is 11.6 Å². The lowest BCUT2D eigenvalue weighted by molar-refractivity contribution is -0.112. The number of amides is 1. The van der Waals surface area contributed by atoms with E-state index in [1.165, 1.54) is 7.11 Å². The molecule has 110 valence electrons. The fraction of sp³-hybridized carbons (Fsp3) is 0.333. The van der Waals surface area contributed by atoms with Crippen LogP contribution in [-0.4, -0.2) is 31.0 Å². The second-order valence-electron chi connectivity index (χ2n) is 4.70. The molecule has 0 saturated carbocycles. The Morgan fingerprint density at radius 2 is 2.19 bits per heavy atom. The van der Waals surface area contributed by atoms with Gasteiger partial charge < -0.3 is 15.0 Å². The van der Waals surface area contributed by atoms with E-state index in [4.69, 9.17) is 21.6 Å². The topological polar surface area (TPSA) is 65.4 Å². The largest absolute Gasteiger partial charge is 0.495 e. The molecule has 0 spiro atoms. The summed E-state index contributed by atoms with van der Waals surface area (Å²) in [6.45, 7) is 1.75. The van der Waals surface area contributed by atoms with Crippen molar-refractivity contribution in [2.24, 2.45) is 0 Å². The molecular formula is C15H16ClN3O2. The number of rotatable bonds is 4.